The van der Waals surface area contributed by atoms with Crippen molar-refractivity contribution >= 4 is 11.6 Å². The Morgan fingerprint density at radius 1 is 1.09 bits per heavy atom. The molecule has 0 atom stereocenters. The Hall–Kier alpha value is -2.43. The van der Waals surface area contributed by atoms with Gasteiger partial charge in [-0.2, -0.15) is 0 Å². The lowest BCUT2D eigenvalue weighted by Gasteiger charge is -2.22. The summed E-state index contributed by atoms with van der Waals surface area (Å²) in [4.78, 5) is 20.5. The van der Waals surface area contributed by atoms with Crippen molar-refractivity contribution in [3.8, 4) is 0 Å². The molecule has 2 aromatic rings. The topological polar surface area (TPSA) is 66.9 Å². The van der Waals surface area contributed by atoms with E-state index in [0.29, 0.717) is 18.2 Å². The van der Waals surface area contributed by atoms with E-state index in [-0.39, 0.29) is 5.91 Å². The van der Waals surface area contributed by atoms with Crippen molar-refractivity contribution in [1.82, 2.24) is 15.3 Å². The Morgan fingerprint density at radius 2 is 1.87 bits per heavy atom. The molecule has 2 heterocycles. The first-order chi connectivity index (χ1) is 11.3. The van der Waals surface area contributed by atoms with Gasteiger partial charge in [0, 0.05) is 37.4 Å². The molecule has 1 aliphatic carbocycles. The summed E-state index contributed by atoms with van der Waals surface area (Å²) >= 11 is 0. The maximum absolute atomic E-state index is 12.4. The lowest BCUT2D eigenvalue weighted by atomic mass is 9.95. The predicted octanol–water partition coefficient (Wildman–Crippen LogP) is 3.15. The standard InChI is InChI=1S/C18H22N4O/c23-18(22-16-4-2-1-3-5-16)15-10-17(13-20-12-15)21-11-14-6-8-19-9-7-14/h6-10,12-13,16,21H,1-5,11H2,(H,22,23). The summed E-state index contributed by atoms with van der Waals surface area (Å²) in [6.45, 7) is 0.678. The maximum Gasteiger partial charge on any atom is 0.253 e. The van der Waals surface area contributed by atoms with Gasteiger partial charge in [-0.25, -0.2) is 0 Å². The van der Waals surface area contributed by atoms with Crippen LogP contribution in [0.1, 0.15) is 48.0 Å². The van der Waals surface area contributed by atoms with Crippen LogP contribution in [0.2, 0.25) is 0 Å². The summed E-state index contributed by atoms with van der Waals surface area (Å²) in [6, 6.07) is 6.08. The Labute approximate surface area is 136 Å². The molecule has 0 bridgehead atoms. The third kappa shape index (κ3) is 4.52. The molecule has 5 nitrogen and oxygen atoms in total. The van der Waals surface area contributed by atoms with E-state index in [9.17, 15) is 4.79 Å². The number of amides is 1. The molecule has 23 heavy (non-hydrogen) atoms. The van der Waals surface area contributed by atoms with E-state index in [1.807, 2.05) is 18.2 Å². The molecular formula is C18H22N4O. The van der Waals surface area contributed by atoms with Crippen LogP contribution in [0.5, 0.6) is 0 Å². The van der Waals surface area contributed by atoms with Gasteiger partial charge < -0.3 is 10.6 Å². The number of hydrogen-bond donors (Lipinski definition) is 2. The van der Waals surface area contributed by atoms with Crippen molar-refractivity contribution in [2.24, 2.45) is 0 Å². The Balaban J connectivity index is 1.59. The summed E-state index contributed by atoms with van der Waals surface area (Å²) in [5.74, 6) is -0.0306. The van der Waals surface area contributed by atoms with Crippen molar-refractivity contribution in [1.29, 1.82) is 0 Å². The van der Waals surface area contributed by atoms with Crippen molar-refractivity contribution in [2.75, 3.05) is 5.32 Å². The number of nitrogens with zero attached hydrogens (tertiary/aromatic N) is 2. The zero-order valence-corrected chi connectivity index (χ0v) is 13.2. The minimum atomic E-state index is -0.0306. The Kier molecular flexibility index (Phi) is 5.19. The van der Waals surface area contributed by atoms with Crippen molar-refractivity contribution < 1.29 is 4.79 Å². The molecule has 0 radical (unpaired) electrons. The molecule has 2 N–H and O–H groups in total. The molecule has 0 aromatic carbocycles. The first kappa shape index (κ1) is 15.5. The molecule has 0 saturated heterocycles. The largest absolute Gasteiger partial charge is 0.380 e. The van der Waals surface area contributed by atoms with Crippen LogP contribution in [0, 0.1) is 0 Å². The van der Waals surface area contributed by atoms with Crippen molar-refractivity contribution in [3.05, 3.63) is 54.1 Å². The summed E-state index contributed by atoms with van der Waals surface area (Å²) in [5, 5.41) is 6.41. The monoisotopic (exact) mass is 310 g/mol. The van der Waals surface area contributed by atoms with Gasteiger partial charge in [0.25, 0.3) is 5.91 Å². The third-order valence-corrected chi connectivity index (χ3v) is 4.19. The normalized spacial score (nSPS) is 15.1. The number of nitrogens with one attached hydrogen (secondary N) is 2. The number of rotatable bonds is 5. The van der Waals surface area contributed by atoms with Gasteiger partial charge in [0.15, 0.2) is 0 Å². The summed E-state index contributed by atoms with van der Waals surface area (Å²) in [6.07, 6.45) is 12.7. The van der Waals surface area contributed by atoms with Gasteiger partial charge in [-0.3, -0.25) is 14.8 Å². The van der Waals surface area contributed by atoms with E-state index in [4.69, 9.17) is 0 Å². The summed E-state index contributed by atoms with van der Waals surface area (Å²) < 4.78 is 0. The Morgan fingerprint density at radius 3 is 2.65 bits per heavy atom. The minimum absolute atomic E-state index is 0.0306. The average Bonchev–Trinajstić information content (AvgIpc) is 2.62. The van der Waals surface area contributed by atoms with Crippen LogP contribution >= 0.6 is 0 Å². The summed E-state index contributed by atoms with van der Waals surface area (Å²) in [7, 11) is 0. The van der Waals surface area contributed by atoms with E-state index in [1.165, 1.54) is 19.3 Å². The molecule has 1 saturated carbocycles. The number of aromatic nitrogens is 2. The lowest BCUT2D eigenvalue weighted by Crippen LogP contribution is -2.36. The van der Waals surface area contributed by atoms with Crippen LogP contribution in [-0.2, 0) is 6.54 Å². The lowest BCUT2D eigenvalue weighted by molar-refractivity contribution is 0.0927. The highest BCUT2D eigenvalue weighted by Gasteiger charge is 2.16. The molecule has 0 unspecified atom stereocenters. The Bertz CT molecular complexity index is 638. The van der Waals surface area contributed by atoms with E-state index < -0.39 is 0 Å². The quantitative estimate of drug-likeness (QED) is 0.890. The second kappa shape index (κ2) is 7.72. The van der Waals surface area contributed by atoms with Crippen molar-refractivity contribution in [3.63, 3.8) is 0 Å². The number of pyridine rings is 2. The minimum Gasteiger partial charge on any atom is -0.380 e. The van der Waals surface area contributed by atoms with Gasteiger partial charge in [0.1, 0.15) is 0 Å². The van der Waals surface area contributed by atoms with Gasteiger partial charge in [-0.15, -0.1) is 0 Å². The molecular weight excluding hydrogens is 288 g/mol. The molecule has 2 aromatic heterocycles. The molecule has 120 valence electrons. The smallest absolute Gasteiger partial charge is 0.253 e. The van der Waals surface area contributed by atoms with Crippen LogP contribution in [0.15, 0.2) is 43.0 Å². The van der Waals surface area contributed by atoms with Crippen LogP contribution < -0.4 is 10.6 Å². The fourth-order valence-corrected chi connectivity index (χ4v) is 2.88. The van der Waals surface area contributed by atoms with Gasteiger partial charge >= 0.3 is 0 Å². The zero-order valence-electron chi connectivity index (χ0n) is 13.2. The zero-order chi connectivity index (χ0) is 15.9. The molecule has 0 spiro atoms. The molecule has 0 aliphatic heterocycles. The second-order valence-electron chi connectivity index (χ2n) is 5.98. The number of anilines is 1. The highest BCUT2D eigenvalue weighted by Crippen LogP contribution is 2.18. The van der Waals surface area contributed by atoms with Crippen LogP contribution in [0.4, 0.5) is 5.69 Å². The fourth-order valence-electron chi connectivity index (χ4n) is 2.88. The van der Waals surface area contributed by atoms with Gasteiger partial charge in [-0.1, -0.05) is 19.3 Å². The highest BCUT2D eigenvalue weighted by atomic mass is 16.1. The fraction of sp³-hybridized carbons (Fsp3) is 0.389. The first-order valence-electron chi connectivity index (χ1n) is 8.20. The highest BCUT2D eigenvalue weighted by molar-refractivity contribution is 5.94. The van der Waals surface area contributed by atoms with E-state index in [2.05, 4.69) is 20.6 Å². The predicted molar refractivity (Wildman–Crippen MR) is 90.1 cm³/mol. The van der Waals surface area contributed by atoms with Crippen molar-refractivity contribution in [2.45, 2.75) is 44.7 Å². The van der Waals surface area contributed by atoms with Crippen LogP contribution in [-0.4, -0.2) is 21.9 Å². The molecule has 1 fully saturated rings. The van der Waals surface area contributed by atoms with E-state index in [1.54, 1.807) is 24.8 Å². The van der Waals surface area contributed by atoms with Gasteiger partial charge in [-0.05, 0) is 36.6 Å². The average molecular weight is 310 g/mol. The third-order valence-electron chi connectivity index (χ3n) is 4.19. The van der Waals surface area contributed by atoms with E-state index in [0.717, 1.165) is 24.1 Å². The van der Waals surface area contributed by atoms with Gasteiger partial charge in [0.2, 0.25) is 0 Å². The molecule has 3 rings (SSSR count). The van der Waals surface area contributed by atoms with Crippen LogP contribution in [0.3, 0.4) is 0 Å². The van der Waals surface area contributed by atoms with E-state index >= 15 is 0 Å². The second-order valence-corrected chi connectivity index (χ2v) is 5.98. The molecule has 1 aliphatic rings. The first-order valence-corrected chi connectivity index (χ1v) is 8.20. The molecule has 5 heteroatoms. The maximum atomic E-state index is 12.4. The number of carbonyl (C=O) groups is 1. The number of carbonyl (C=O) groups excluding carboxylic acids is 1. The number of hydrogen-bond acceptors (Lipinski definition) is 4. The summed E-state index contributed by atoms with van der Waals surface area (Å²) in [5.41, 5.74) is 2.59. The SMILES string of the molecule is O=C(NC1CCCCC1)c1cncc(NCc2ccncc2)c1. The van der Waals surface area contributed by atoms with Crippen LogP contribution in [0.25, 0.3) is 0 Å². The van der Waals surface area contributed by atoms with Gasteiger partial charge in [0.05, 0.1) is 11.3 Å². The molecule has 1 amide bonds.